The van der Waals surface area contributed by atoms with E-state index in [2.05, 4.69) is 30.5 Å². The molecule has 0 bridgehead atoms. The number of carbonyl (C=O) groups is 1. The van der Waals surface area contributed by atoms with Crippen LogP contribution in [0.1, 0.15) is 16.1 Å². The Bertz CT molecular complexity index is 899. The van der Waals surface area contributed by atoms with Gasteiger partial charge in [-0.05, 0) is 25.7 Å². The predicted molar refractivity (Wildman–Crippen MR) is 110 cm³/mol. The molecule has 3 rings (SSSR count). The van der Waals surface area contributed by atoms with Gasteiger partial charge in [0.15, 0.2) is 5.82 Å². The van der Waals surface area contributed by atoms with Crippen molar-refractivity contribution in [3.8, 4) is 11.4 Å². The molecule has 0 atom stereocenters. The SMILES string of the molecule is CN(C)CCNc1cc(C(=O)NCc2cccnc2)nc(-c2ccccc2)n1. The first-order chi connectivity index (χ1) is 13.6. The Labute approximate surface area is 164 Å². The molecular weight excluding hydrogens is 352 g/mol. The van der Waals surface area contributed by atoms with Gasteiger partial charge in [-0.1, -0.05) is 36.4 Å². The van der Waals surface area contributed by atoms with Crippen molar-refractivity contribution in [2.75, 3.05) is 32.5 Å². The van der Waals surface area contributed by atoms with E-state index < -0.39 is 0 Å². The van der Waals surface area contributed by atoms with Crippen molar-refractivity contribution in [3.63, 3.8) is 0 Å². The van der Waals surface area contributed by atoms with Gasteiger partial charge >= 0.3 is 0 Å². The van der Waals surface area contributed by atoms with Crippen LogP contribution in [0.25, 0.3) is 11.4 Å². The summed E-state index contributed by atoms with van der Waals surface area (Å²) in [6.45, 7) is 1.96. The third kappa shape index (κ3) is 5.59. The van der Waals surface area contributed by atoms with Gasteiger partial charge in [-0.3, -0.25) is 9.78 Å². The summed E-state index contributed by atoms with van der Waals surface area (Å²) in [4.78, 5) is 27.9. The summed E-state index contributed by atoms with van der Waals surface area (Å²) in [5, 5.41) is 6.16. The molecule has 3 aromatic rings. The van der Waals surface area contributed by atoms with E-state index >= 15 is 0 Å². The smallest absolute Gasteiger partial charge is 0.270 e. The molecule has 2 heterocycles. The summed E-state index contributed by atoms with van der Waals surface area (Å²) in [6.07, 6.45) is 3.43. The highest BCUT2D eigenvalue weighted by Crippen LogP contribution is 2.18. The maximum atomic E-state index is 12.7. The highest BCUT2D eigenvalue weighted by molar-refractivity contribution is 5.93. The van der Waals surface area contributed by atoms with E-state index in [4.69, 9.17) is 0 Å². The Morgan fingerprint density at radius 1 is 1.07 bits per heavy atom. The zero-order valence-corrected chi connectivity index (χ0v) is 16.1. The van der Waals surface area contributed by atoms with E-state index in [-0.39, 0.29) is 5.91 Å². The number of rotatable bonds is 8. The van der Waals surface area contributed by atoms with Crippen LogP contribution in [-0.4, -0.2) is 52.9 Å². The number of pyridine rings is 1. The maximum absolute atomic E-state index is 12.7. The molecule has 7 nitrogen and oxygen atoms in total. The molecule has 2 aromatic heterocycles. The van der Waals surface area contributed by atoms with Gasteiger partial charge in [0.05, 0.1) is 0 Å². The fourth-order valence-electron chi connectivity index (χ4n) is 2.55. The van der Waals surface area contributed by atoms with Crippen LogP contribution in [0.2, 0.25) is 0 Å². The molecule has 0 unspecified atom stereocenters. The highest BCUT2D eigenvalue weighted by atomic mass is 16.1. The van der Waals surface area contributed by atoms with Crippen LogP contribution in [0.5, 0.6) is 0 Å². The lowest BCUT2D eigenvalue weighted by Gasteiger charge is -2.13. The molecule has 0 saturated heterocycles. The lowest BCUT2D eigenvalue weighted by atomic mass is 10.2. The molecule has 1 amide bonds. The fraction of sp³-hybridized carbons (Fsp3) is 0.238. The number of benzene rings is 1. The lowest BCUT2D eigenvalue weighted by molar-refractivity contribution is 0.0946. The number of carbonyl (C=O) groups excluding carboxylic acids is 1. The average Bonchev–Trinajstić information content (AvgIpc) is 2.73. The number of amides is 1. The zero-order chi connectivity index (χ0) is 19.8. The van der Waals surface area contributed by atoms with Crippen molar-refractivity contribution >= 4 is 11.7 Å². The molecule has 1 aromatic carbocycles. The number of aromatic nitrogens is 3. The molecule has 0 radical (unpaired) electrons. The van der Waals surface area contributed by atoms with Gasteiger partial charge in [0, 0.05) is 43.7 Å². The van der Waals surface area contributed by atoms with Crippen molar-refractivity contribution in [1.82, 2.24) is 25.2 Å². The summed E-state index contributed by atoms with van der Waals surface area (Å²) in [5.41, 5.74) is 2.11. The molecule has 0 fully saturated rings. The first-order valence-electron chi connectivity index (χ1n) is 9.12. The Morgan fingerprint density at radius 3 is 2.61 bits per heavy atom. The van der Waals surface area contributed by atoms with Crippen LogP contribution >= 0.6 is 0 Å². The van der Waals surface area contributed by atoms with E-state index in [1.54, 1.807) is 18.5 Å². The Hall–Kier alpha value is -3.32. The van der Waals surface area contributed by atoms with Gasteiger partial charge in [0.1, 0.15) is 11.5 Å². The third-order valence-electron chi connectivity index (χ3n) is 4.03. The van der Waals surface area contributed by atoms with Gasteiger partial charge in [-0.25, -0.2) is 9.97 Å². The van der Waals surface area contributed by atoms with E-state index in [0.717, 1.165) is 24.2 Å². The quantitative estimate of drug-likeness (QED) is 0.628. The van der Waals surface area contributed by atoms with E-state index in [1.807, 2.05) is 56.6 Å². The molecule has 2 N–H and O–H groups in total. The van der Waals surface area contributed by atoms with Gasteiger partial charge in [0.25, 0.3) is 5.91 Å². The van der Waals surface area contributed by atoms with Crippen LogP contribution in [0.15, 0.2) is 60.9 Å². The number of hydrogen-bond acceptors (Lipinski definition) is 6. The van der Waals surface area contributed by atoms with E-state index in [9.17, 15) is 4.79 Å². The third-order valence-corrected chi connectivity index (χ3v) is 4.03. The summed E-state index contributed by atoms with van der Waals surface area (Å²) >= 11 is 0. The molecular formula is C21H24N6O. The van der Waals surface area contributed by atoms with Crippen LogP contribution in [0, 0.1) is 0 Å². The molecule has 0 aliphatic heterocycles. The Morgan fingerprint density at radius 2 is 1.89 bits per heavy atom. The van der Waals surface area contributed by atoms with Gasteiger partial charge in [0.2, 0.25) is 0 Å². The van der Waals surface area contributed by atoms with Crippen molar-refractivity contribution in [2.24, 2.45) is 0 Å². The van der Waals surface area contributed by atoms with Gasteiger partial charge < -0.3 is 15.5 Å². The molecule has 0 spiro atoms. The normalized spacial score (nSPS) is 10.7. The summed E-state index contributed by atoms with van der Waals surface area (Å²) in [7, 11) is 4.02. The second-order valence-electron chi connectivity index (χ2n) is 6.60. The lowest BCUT2D eigenvalue weighted by Crippen LogP contribution is -2.25. The second-order valence-corrected chi connectivity index (χ2v) is 6.60. The van der Waals surface area contributed by atoms with Crippen molar-refractivity contribution in [3.05, 3.63) is 72.2 Å². The molecule has 0 aliphatic rings. The minimum Gasteiger partial charge on any atom is -0.369 e. The predicted octanol–water partition coefficient (Wildman–Crippen LogP) is 2.44. The number of hydrogen-bond donors (Lipinski definition) is 2. The summed E-state index contributed by atoms with van der Waals surface area (Å²) in [6, 6.07) is 15.1. The molecule has 0 aliphatic carbocycles. The second kappa shape index (κ2) is 9.57. The first kappa shape index (κ1) is 19.4. The maximum Gasteiger partial charge on any atom is 0.270 e. The fourth-order valence-corrected chi connectivity index (χ4v) is 2.55. The van der Waals surface area contributed by atoms with Gasteiger partial charge in [-0.2, -0.15) is 0 Å². The van der Waals surface area contributed by atoms with Gasteiger partial charge in [-0.15, -0.1) is 0 Å². The molecule has 0 saturated carbocycles. The molecule has 144 valence electrons. The monoisotopic (exact) mass is 376 g/mol. The van der Waals surface area contributed by atoms with E-state index in [0.29, 0.717) is 23.9 Å². The highest BCUT2D eigenvalue weighted by Gasteiger charge is 2.13. The van der Waals surface area contributed by atoms with Crippen molar-refractivity contribution < 1.29 is 4.79 Å². The topological polar surface area (TPSA) is 83.0 Å². The number of nitrogens with zero attached hydrogens (tertiary/aromatic N) is 4. The minimum absolute atomic E-state index is 0.251. The van der Waals surface area contributed by atoms with Crippen LogP contribution in [0.4, 0.5) is 5.82 Å². The minimum atomic E-state index is -0.251. The number of nitrogens with one attached hydrogen (secondary N) is 2. The standard InChI is InChI=1S/C21H24N6O/c1-27(2)12-11-23-19-13-18(21(28)24-15-16-7-6-10-22-14-16)25-20(26-19)17-8-4-3-5-9-17/h3-10,13-14H,11-12,15H2,1-2H3,(H,24,28)(H,23,25,26). The molecule has 28 heavy (non-hydrogen) atoms. The first-order valence-corrected chi connectivity index (χ1v) is 9.12. The molecule has 7 heteroatoms. The summed E-state index contributed by atoms with van der Waals surface area (Å²) in [5.74, 6) is 0.892. The average molecular weight is 376 g/mol. The summed E-state index contributed by atoms with van der Waals surface area (Å²) < 4.78 is 0. The van der Waals surface area contributed by atoms with Crippen molar-refractivity contribution in [1.29, 1.82) is 0 Å². The zero-order valence-electron chi connectivity index (χ0n) is 16.1. The van der Waals surface area contributed by atoms with Crippen LogP contribution in [-0.2, 0) is 6.54 Å². The largest absolute Gasteiger partial charge is 0.369 e. The Kier molecular flexibility index (Phi) is 6.64. The van der Waals surface area contributed by atoms with E-state index in [1.165, 1.54) is 0 Å². The van der Waals surface area contributed by atoms with Crippen LogP contribution < -0.4 is 10.6 Å². The number of anilines is 1. The van der Waals surface area contributed by atoms with Crippen LogP contribution in [0.3, 0.4) is 0 Å². The Balaban J connectivity index is 1.80. The van der Waals surface area contributed by atoms with Crippen molar-refractivity contribution in [2.45, 2.75) is 6.54 Å². The number of likely N-dealkylation sites (N-methyl/N-ethyl adjacent to an activating group) is 1.